The van der Waals surface area contributed by atoms with E-state index in [9.17, 15) is 27.2 Å². The number of amides is 1. The summed E-state index contributed by atoms with van der Waals surface area (Å²) < 4.78 is 59.3. The zero-order valence-electron chi connectivity index (χ0n) is 16.6. The maximum atomic E-state index is 13.4. The van der Waals surface area contributed by atoms with Crippen LogP contribution in [0.1, 0.15) is 49.6 Å². The van der Waals surface area contributed by atoms with E-state index < -0.39 is 35.9 Å². The molecule has 1 atom stereocenters. The summed E-state index contributed by atoms with van der Waals surface area (Å²) in [6.07, 6.45) is -4.83. The second-order valence-electron chi connectivity index (χ2n) is 7.11. The number of halogens is 4. The fourth-order valence-electron chi connectivity index (χ4n) is 3.69. The van der Waals surface area contributed by atoms with Crippen molar-refractivity contribution < 1.29 is 31.9 Å². The molecule has 2 aromatic heterocycles. The van der Waals surface area contributed by atoms with Crippen molar-refractivity contribution in [1.29, 1.82) is 0 Å². The topological polar surface area (TPSA) is 77.3 Å². The van der Waals surface area contributed by atoms with Crippen LogP contribution in [0, 0.1) is 12.8 Å². The van der Waals surface area contributed by atoms with Gasteiger partial charge in [-0.25, -0.2) is 27.2 Å². The molecular weight excluding hydrogens is 408 g/mol. The molecule has 3 heterocycles. The van der Waals surface area contributed by atoms with Gasteiger partial charge in [0.2, 0.25) is 5.91 Å². The van der Waals surface area contributed by atoms with Gasteiger partial charge >= 0.3 is 5.97 Å². The van der Waals surface area contributed by atoms with Gasteiger partial charge in [0.15, 0.2) is 5.65 Å². The zero-order valence-corrected chi connectivity index (χ0v) is 16.6. The van der Waals surface area contributed by atoms with Crippen molar-refractivity contribution >= 4 is 22.9 Å². The molecule has 1 fully saturated rings. The van der Waals surface area contributed by atoms with Gasteiger partial charge in [-0.3, -0.25) is 9.59 Å². The molecule has 164 valence electrons. The molecule has 11 heteroatoms. The van der Waals surface area contributed by atoms with Crippen molar-refractivity contribution in [3.63, 3.8) is 0 Å². The fourth-order valence-corrected chi connectivity index (χ4v) is 3.69. The minimum atomic E-state index is -3.04. The maximum absolute atomic E-state index is 13.4. The first-order valence-electron chi connectivity index (χ1n) is 9.61. The van der Waals surface area contributed by atoms with Gasteiger partial charge in [-0.05, 0) is 32.8 Å². The molecule has 30 heavy (non-hydrogen) atoms. The Hall–Kier alpha value is -2.72. The summed E-state index contributed by atoms with van der Waals surface area (Å²) in [5.74, 6) is -1.22. The summed E-state index contributed by atoms with van der Waals surface area (Å²) in [6.45, 7) is 3.63. The number of rotatable bonds is 6. The molecule has 3 rings (SSSR count). The van der Waals surface area contributed by atoms with Crippen LogP contribution in [0.15, 0.2) is 6.07 Å². The van der Waals surface area contributed by atoms with Crippen LogP contribution in [0.25, 0.3) is 11.0 Å². The first-order valence-corrected chi connectivity index (χ1v) is 9.61. The summed E-state index contributed by atoms with van der Waals surface area (Å²) in [7, 11) is 0. The molecule has 1 aliphatic rings. The van der Waals surface area contributed by atoms with Crippen molar-refractivity contribution in [2.45, 2.75) is 46.1 Å². The number of aromatic nitrogens is 3. The summed E-state index contributed by atoms with van der Waals surface area (Å²) >= 11 is 0. The summed E-state index contributed by atoms with van der Waals surface area (Å²) in [5.41, 5.74) is -1.41. The third kappa shape index (κ3) is 4.39. The molecule has 1 amide bonds. The van der Waals surface area contributed by atoms with E-state index in [1.807, 2.05) is 0 Å². The molecule has 1 unspecified atom stereocenters. The lowest BCUT2D eigenvalue weighted by Gasteiger charge is -2.31. The number of piperidine rings is 1. The molecule has 1 saturated heterocycles. The van der Waals surface area contributed by atoms with E-state index in [-0.39, 0.29) is 42.4 Å². The van der Waals surface area contributed by atoms with Crippen LogP contribution in [0.5, 0.6) is 0 Å². The van der Waals surface area contributed by atoms with Crippen molar-refractivity contribution in [1.82, 2.24) is 19.7 Å². The molecule has 0 aromatic carbocycles. The molecule has 7 nitrogen and oxygen atoms in total. The number of nitrogens with zero attached hydrogens (tertiary/aromatic N) is 4. The van der Waals surface area contributed by atoms with Crippen molar-refractivity contribution in [3.8, 4) is 0 Å². The van der Waals surface area contributed by atoms with E-state index in [4.69, 9.17) is 4.74 Å². The lowest BCUT2D eigenvalue weighted by molar-refractivity contribution is -0.151. The Morgan fingerprint density at radius 3 is 2.63 bits per heavy atom. The standard InChI is InChI=1S/C19H22F4N4O3/c1-3-30-19(29)11-5-4-6-26(8-11)14(28)9-27-18-15(10(2)25-27)12(16(20)21)7-13(24-18)17(22)23/h7,11,16-17H,3-6,8-9H2,1-2H3. The van der Waals surface area contributed by atoms with Gasteiger partial charge in [-0.15, -0.1) is 0 Å². The molecular formula is C19H22F4N4O3. The number of aryl methyl sites for hydroxylation is 1. The second-order valence-corrected chi connectivity index (χ2v) is 7.11. The highest BCUT2D eigenvalue weighted by Gasteiger charge is 2.30. The Morgan fingerprint density at radius 2 is 2.00 bits per heavy atom. The number of pyridine rings is 1. The minimum absolute atomic E-state index is 0.0368. The first-order chi connectivity index (χ1) is 14.2. The molecule has 0 aliphatic carbocycles. The van der Waals surface area contributed by atoms with Crippen LogP contribution in [0.4, 0.5) is 17.6 Å². The van der Waals surface area contributed by atoms with Crippen molar-refractivity contribution in [3.05, 3.63) is 23.0 Å². The summed E-state index contributed by atoms with van der Waals surface area (Å²) in [4.78, 5) is 30.0. The van der Waals surface area contributed by atoms with Crippen molar-refractivity contribution in [2.24, 2.45) is 5.92 Å². The molecule has 1 aliphatic heterocycles. The minimum Gasteiger partial charge on any atom is -0.466 e. The average molecular weight is 430 g/mol. The number of likely N-dealkylation sites (tertiary alicyclic amines) is 1. The van der Waals surface area contributed by atoms with Gasteiger partial charge in [-0.2, -0.15) is 5.10 Å². The predicted molar refractivity (Wildman–Crippen MR) is 98.1 cm³/mol. The third-order valence-electron chi connectivity index (χ3n) is 5.07. The zero-order chi connectivity index (χ0) is 22.0. The fraction of sp³-hybridized carbons (Fsp3) is 0.579. The van der Waals surface area contributed by atoms with E-state index in [1.54, 1.807) is 6.92 Å². The van der Waals surface area contributed by atoms with Crippen LogP contribution in [-0.2, 0) is 20.9 Å². The van der Waals surface area contributed by atoms with E-state index in [0.29, 0.717) is 25.5 Å². The Labute approximate surface area is 170 Å². The second kappa shape index (κ2) is 8.97. The van der Waals surface area contributed by atoms with E-state index in [0.717, 1.165) is 4.68 Å². The van der Waals surface area contributed by atoms with Crippen LogP contribution in [-0.4, -0.2) is 51.2 Å². The van der Waals surface area contributed by atoms with Gasteiger partial charge < -0.3 is 9.64 Å². The number of carbonyl (C=O) groups is 2. The third-order valence-corrected chi connectivity index (χ3v) is 5.07. The van der Waals surface area contributed by atoms with E-state index >= 15 is 0 Å². The highest BCUT2D eigenvalue weighted by molar-refractivity contribution is 5.85. The average Bonchev–Trinajstić information content (AvgIpc) is 3.02. The number of hydrogen-bond donors (Lipinski definition) is 0. The van der Waals surface area contributed by atoms with Gasteiger partial charge in [-0.1, -0.05) is 0 Å². The number of carbonyl (C=O) groups excluding carboxylic acids is 2. The molecule has 0 saturated carbocycles. The van der Waals surface area contributed by atoms with Gasteiger partial charge in [0.05, 0.1) is 23.6 Å². The molecule has 0 N–H and O–H groups in total. The maximum Gasteiger partial charge on any atom is 0.310 e. The largest absolute Gasteiger partial charge is 0.466 e. The Kier molecular flexibility index (Phi) is 6.57. The number of esters is 1. The number of alkyl halides is 4. The molecule has 2 aromatic rings. The van der Waals surface area contributed by atoms with Crippen molar-refractivity contribution in [2.75, 3.05) is 19.7 Å². The predicted octanol–water partition coefficient (Wildman–Crippen LogP) is 3.42. The lowest BCUT2D eigenvalue weighted by atomic mass is 9.98. The number of fused-ring (bicyclic) bond motifs is 1. The summed E-state index contributed by atoms with van der Waals surface area (Å²) in [5, 5.41) is 4.05. The van der Waals surface area contributed by atoms with Gasteiger partial charge in [0, 0.05) is 18.7 Å². The highest BCUT2D eigenvalue weighted by atomic mass is 19.3. The van der Waals surface area contributed by atoms with Gasteiger partial charge in [0.1, 0.15) is 12.2 Å². The molecule has 0 radical (unpaired) electrons. The molecule has 0 spiro atoms. The van der Waals surface area contributed by atoms with Crippen LogP contribution in [0.3, 0.4) is 0 Å². The highest BCUT2D eigenvalue weighted by Crippen LogP contribution is 2.32. The lowest BCUT2D eigenvalue weighted by Crippen LogP contribution is -2.44. The van der Waals surface area contributed by atoms with Crippen LogP contribution in [0.2, 0.25) is 0 Å². The van der Waals surface area contributed by atoms with Gasteiger partial charge in [0.25, 0.3) is 12.9 Å². The quantitative estimate of drug-likeness (QED) is 0.519. The number of ether oxygens (including phenoxy) is 1. The van der Waals surface area contributed by atoms with Crippen LogP contribution < -0.4 is 0 Å². The Balaban J connectivity index is 1.88. The Bertz CT molecular complexity index is 947. The normalized spacial score (nSPS) is 17.2. The van der Waals surface area contributed by atoms with E-state index in [2.05, 4.69) is 10.1 Å². The molecule has 0 bridgehead atoms. The van der Waals surface area contributed by atoms with Crippen LogP contribution >= 0.6 is 0 Å². The summed E-state index contributed by atoms with van der Waals surface area (Å²) in [6, 6.07) is 0.674. The first kappa shape index (κ1) is 22.0. The smallest absolute Gasteiger partial charge is 0.310 e. The monoisotopic (exact) mass is 430 g/mol. The van der Waals surface area contributed by atoms with E-state index in [1.165, 1.54) is 11.8 Å². The number of hydrogen-bond acceptors (Lipinski definition) is 5. The Morgan fingerprint density at radius 1 is 1.27 bits per heavy atom. The SMILES string of the molecule is CCOC(=O)C1CCCN(C(=O)Cn2nc(C)c3c(C(F)F)cc(C(F)F)nc32)C1.